The van der Waals surface area contributed by atoms with Gasteiger partial charge in [-0.2, -0.15) is 4.39 Å². The summed E-state index contributed by atoms with van der Waals surface area (Å²) >= 11 is 2.98. The van der Waals surface area contributed by atoms with Gasteiger partial charge in [-0.1, -0.05) is 0 Å². The summed E-state index contributed by atoms with van der Waals surface area (Å²) in [5, 5.41) is 0. The Balaban J connectivity index is 0.000000220. The number of nitrogens with zero attached hydrogens (tertiary/aromatic N) is 2. The van der Waals surface area contributed by atoms with Gasteiger partial charge in [0.15, 0.2) is 11.4 Å². The quantitative estimate of drug-likeness (QED) is 0.503. The van der Waals surface area contributed by atoms with Crippen LogP contribution in [0, 0.1) is 5.95 Å². The Bertz CT molecular complexity index is 763. The van der Waals surface area contributed by atoms with Crippen molar-refractivity contribution in [3.05, 3.63) is 55.0 Å². The highest BCUT2D eigenvalue weighted by molar-refractivity contribution is 9.10. The lowest BCUT2D eigenvalue weighted by Gasteiger charge is -1.92. The van der Waals surface area contributed by atoms with Crippen molar-refractivity contribution in [2.24, 2.45) is 11.5 Å². The van der Waals surface area contributed by atoms with Crippen molar-refractivity contribution in [3.8, 4) is 0 Å². The number of amides is 2. The van der Waals surface area contributed by atoms with E-state index in [1.807, 2.05) is 4.98 Å². The molecule has 0 saturated carbocycles. The first kappa shape index (κ1) is 17.2. The number of aromatic amines is 2. The number of hydrogen-bond acceptors (Lipinski definition) is 6. The molecule has 2 rings (SSSR count). The molecule has 2 aromatic rings. The molecular formula is C10H8BrFN6O4. The van der Waals surface area contributed by atoms with Crippen LogP contribution < -0.4 is 22.6 Å². The van der Waals surface area contributed by atoms with Gasteiger partial charge in [0.25, 0.3) is 22.9 Å². The molecule has 0 fully saturated rings. The van der Waals surface area contributed by atoms with Gasteiger partial charge in [0.05, 0.1) is 6.20 Å². The number of halogens is 2. The third kappa shape index (κ3) is 4.59. The van der Waals surface area contributed by atoms with Crippen molar-refractivity contribution < 1.29 is 14.0 Å². The minimum Gasteiger partial charge on any atom is -0.364 e. The van der Waals surface area contributed by atoms with Crippen LogP contribution in [-0.2, 0) is 0 Å². The fourth-order valence-corrected chi connectivity index (χ4v) is 1.39. The number of carbonyl (C=O) groups is 2. The molecule has 2 aromatic heterocycles. The van der Waals surface area contributed by atoms with Crippen LogP contribution in [0.25, 0.3) is 0 Å². The van der Waals surface area contributed by atoms with E-state index in [-0.39, 0.29) is 5.69 Å². The van der Waals surface area contributed by atoms with E-state index in [4.69, 9.17) is 11.5 Å². The van der Waals surface area contributed by atoms with Crippen LogP contribution in [0.4, 0.5) is 4.39 Å². The standard InChI is InChI=1S/C5H4BrN3O2.C5H4FN3O2/c2*6-2-1-8-5(11)3(9-2)4(7)10/h2*1H,(H2,7,10)(H,8,11). The first-order chi connectivity index (χ1) is 10.2. The summed E-state index contributed by atoms with van der Waals surface area (Å²) in [6.45, 7) is 0. The second-order valence-corrected chi connectivity index (χ2v) is 4.34. The molecule has 116 valence electrons. The molecule has 0 atom stereocenters. The molecule has 2 amide bonds. The Morgan fingerprint density at radius 2 is 1.45 bits per heavy atom. The Morgan fingerprint density at radius 1 is 1.00 bits per heavy atom. The van der Waals surface area contributed by atoms with Gasteiger partial charge >= 0.3 is 0 Å². The molecule has 10 nitrogen and oxygen atoms in total. The van der Waals surface area contributed by atoms with Crippen molar-refractivity contribution in [3.63, 3.8) is 0 Å². The van der Waals surface area contributed by atoms with Gasteiger partial charge in [0.2, 0.25) is 5.95 Å². The van der Waals surface area contributed by atoms with Crippen LogP contribution in [0.15, 0.2) is 26.6 Å². The molecule has 22 heavy (non-hydrogen) atoms. The average molecular weight is 375 g/mol. The molecule has 0 spiro atoms. The van der Waals surface area contributed by atoms with E-state index in [2.05, 4.69) is 30.9 Å². The maximum absolute atomic E-state index is 12.2. The zero-order valence-corrected chi connectivity index (χ0v) is 12.2. The third-order valence-corrected chi connectivity index (χ3v) is 2.39. The van der Waals surface area contributed by atoms with E-state index in [1.54, 1.807) is 0 Å². The number of rotatable bonds is 2. The summed E-state index contributed by atoms with van der Waals surface area (Å²) in [4.78, 5) is 53.0. The van der Waals surface area contributed by atoms with Crippen molar-refractivity contribution in [1.29, 1.82) is 0 Å². The minimum atomic E-state index is -1.05. The summed E-state index contributed by atoms with van der Waals surface area (Å²) in [5.41, 5.74) is 7.25. The first-order valence-corrected chi connectivity index (χ1v) is 6.11. The fraction of sp³-hybridized carbons (Fsp3) is 0. The third-order valence-electron chi connectivity index (χ3n) is 1.98. The topological polar surface area (TPSA) is 178 Å². The van der Waals surface area contributed by atoms with Crippen molar-refractivity contribution in [2.45, 2.75) is 0 Å². The average Bonchev–Trinajstić information content (AvgIpc) is 2.44. The summed E-state index contributed by atoms with van der Waals surface area (Å²) in [6, 6.07) is 0. The Kier molecular flexibility index (Phi) is 5.63. The maximum atomic E-state index is 12.2. The number of nitrogens with one attached hydrogen (secondary N) is 2. The smallest absolute Gasteiger partial charge is 0.279 e. The van der Waals surface area contributed by atoms with Crippen LogP contribution in [0.1, 0.15) is 21.0 Å². The van der Waals surface area contributed by atoms with E-state index in [9.17, 15) is 23.6 Å². The highest BCUT2D eigenvalue weighted by Crippen LogP contribution is 1.99. The van der Waals surface area contributed by atoms with Crippen LogP contribution in [0.2, 0.25) is 0 Å². The molecule has 0 unspecified atom stereocenters. The molecular weight excluding hydrogens is 367 g/mol. The van der Waals surface area contributed by atoms with Gasteiger partial charge in [-0.3, -0.25) is 19.2 Å². The zero-order chi connectivity index (χ0) is 16.9. The monoisotopic (exact) mass is 374 g/mol. The van der Waals surface area contributed by atoms with Gasteiger partial charge in [0, 0.05) is 6.20 Å². The number of primary amides is 2. The summed E-state index contributed by atoms with van der Waals surface area (Å²) in [7, 11) is 0. The maximum Gasteiger partial charge on any atom is 0.279 e. The Labute approximate surface area is 128 Å². The van der Waals surface area contributed by atoms with Gasteiger partial charge in [0.1, 0.15) is 4.60 Å². The lowest BCUT2D eigenvalue weighted by molar-refractivity contribution is 0.0985. The molecule has 0 saturated heterocycles. The van der Waals surface area contributed by atoms with Gasteiger partial charge in [-0.15, -0.1) is 0 Å². The second-order valence-electron chi connectivity index (χ2n) is 3.53. The molecule has 12 heteroatoms. The highest BCUT2D eigenvalue weighted by atomic mass is 79.9. The molecule has 6 N–H and O–H groups in total. The van der Waals surface area contributed by atoms with E-state index >= 15 is 0 Å². The number of H-pyrrole nitrogens is 2. The number of aromatic nitrogens is 4. The van der Waals surface area contributed by atoms with Gasteiger partial charge in [-0.05, 0) is 15.9 Å². The van der Waals surface area contributed by atoms with Crippen LogP contribution in [-0.4, -0.2) is 31.8 Å². The summed E-state index contributed by atoms with van der Waals surface area (Å²) < 4.78 is 12.6. The normalized spacial score (nSPS) is 9.55. The van der Waals surface area contributed by atoms with E-state index in [0.717, 1.165) is 6.20 Å². The minimum absolute atomic E-state index is 0.292. The largest absolute Gasteiger partial charge is 0.364 e. The fourth-order valence-electron chi connectivity index (χ4n) is 1.10. The summed E-state index contributed by atoms with van der Waals surface area (Å²) in [6.07, 6.45) is 2.07. The van der Waals surface area contributed by atoms with Crippen LogP contribution in [0.5, 0.6) is 0 Å². The number of nitrogens with two attached hydrogens (primary N) is 2. The van der Waals surface area contributed by atoms with E-state index < -0.39 is 34.6 Å². The molecule has 0 aromatic carbocycles. The van der Waals surface area contributed by atoms with Crippen molar-refractivity contribution in [1.82, 2.24) is 19.9 Å². The molecule has 0 radical (unpaired) electrons. The lowest BCUT2D eigenvalue weighted by atomic mass is 10.4. The molecule has 0 aliphatic rings. The first-order valence-electron chi connectivity index (χ1n) is 5.32. The SMILES string of the molecule is NC(=O)c1nc(Br)c[nH]c1=O.NC(=O)c1nc(F)c[nH]c1=O. The van der Waals surface area contributed by atoms with Crippen molar-refractivity contribution in [2.75, 3.05) is 0 Å². The van der Waals surface area contributed by atoms with E-state index in [1.165, 1.54) is 6.20 Å². The molecule has 2 heterocycles. The second kappa shape index (κ2) is 7.21. The van der Waals surface area contributed by atoms with Crippen LogP contribution >= 0.6 is 15.9 Å². The van der Waals surface area contributed by atoms with E-state index in [0.29, 0.717) is 4.60 Å². The predicted molar refractivity (Wildman–Crippen MR) is 74.4 cm³/mol. The molecule has 0 aliphatic carbocycles. The number of carbonyl (C=O) groups excluding carboxylic acids is 2. The van der Waals surface area contributed by atoms with Crippen molar-refractivity contribution >= 4 is 27.7 Å². The van der Waals surface area contributed by atoms with Crippen LogP contribution in [0.3, 0.4) is 0 Å². The predicted octanol–water partition coefficient (Wildman–Crippen LogP) is -1.36. The zero-order valence-electron chi connectivity index (χ0n) is 10.6. The molecule has 0 bridgehead atoms. The lowest BCUT2D eigenvalue weighted by Crippen LogP contribution is -2.25. The number of hydrogen-bond donors (Lipinski definition) is 4. The highest BCUT2D eigenvalue weighted by Gasteiger charge is 2.08. The molecule has 0 aliphatic heterocycles. The Morgan fingerprint density at radius 3 is 1.86 bits per heavy atom. The Hall–Kier alpha value is -2.89. The van der Waals surface area contributed by atoms with Gasteiger partial charge < -0.3 is 21.4 Å². The summed E-state index contributed by atoms with van der Waals surface area (Å²) in [5.74, 6) is -2.84. The van der Waals surface area contributed by atoms with Gasteiger partial charge in [-0.25, -0.2) is 9.97 Å².